The van der Waals surface area contributed by atoms with Crippen LogP contribution in [0.25, 0.3) is 0 Å². The third-order valence-corrected chi connectivity index (χ3v) is 4.50. The lowest BCUT2D eigenvalue weighted by Crippen LogP contribution is -2.38. The molecule has 0 fully saturated rings. The van der Waals surface area contributed by atoms with Crippen molar-refractivity contribution in [3.8, 4) is 0 Å². The molecular weight excluding hydrogens is 495 g/mol. The average Bonchev–Trinajstić information content (AvgIpc) is 2.74. The summed E-state index contributed by atoms with van der Waals surface area (Å²) < 4.78 is 4.92. The van der Waals surface area contributed by atoms with E-state index in [1.807, 2.05) is 31.2 Å². The van der Waals surface area contributed by atoms with Gasteiger partial charge in [-0.3, -0.25) is 14.6 Å². The molecule has 0 aliphatic rings. The van der Waals surface area contributed by atoms with Crippen molar-refractivity contribution in [1.82, 2.24) is 16.0 Å². The number of rotatable bonds is 13. The number of unbranched alkanes of at least 4 members (excludes halogenated alkanes) is 4. The number of nitrogens with zero attached hydrogens (tertiary/aromatic N) is 1. The zero-order chi connectivity index (χ0) is 21.3. The van der Waals surface area contributed by atoms with Crippen LogP contribution in [0.4, 0.5) is 0 Å². The minimum Gasteiger partial charge on any atom is -0.466 e. The van der Waals surface area contributed by atoms with Crippen LogP contribution in [0.5, 0.6) is 0 Å². The van der Waals surface area contributed by atoms with Crippen LogP contribution in [0.15, 0.2) is 29.3 Å². The summed E-state index contributed by atoms with van der Waals surface area (Å²) in [7, 11) is 3.40. The maximum atomic E-state index is 11.7. The van der Waals surface area contributed by atoms with E-state index in [4.69, 9.17) is 4.74 Å². The van der Waals surface area contributed by atoms with Crippen LogP contribution in [0.3, 0.4) is 0 Å². The molecule has 0 unspecified atom stereocenters. The first kappa shape index (κ1) is 28.2. The Hall–Kier alpha value is -1.84. The molecule has 0 saturated heterocycles. The Labute approximate surface area is 197 Å². The number of benzene rings is 1. The van der Waals surface area contributed by atoms with Crippen LogP contribution in [0.1, 0.15) is 61.4 Å². The van der Waals surface area contributed by atoms with E-state index >= 15 is 0 Å². The van der Waals surface area contributed by atoms with E-state index in [1.165, 1.54) is 0 Å². The molecule has 0 saturated carbocycles. The fourth-order valence-corrected chi connectivity index (χ4v) is 2.92. The topological polar surface area (TPSA) is 91.8 Å². The van der Waals surface area contributed by atoms with E-state index in [9.17, 15) is 9.59 Å². The molecule has 0 heterocycles. The van der Waals surface area contributed by atoms with Crippen LogP contribution in [0, 0.1) is 0 Å². The molecule has 170 valence electrons. The van der Waals surface area contributed by atoms with Gasteiger partial charge in [0.25, 0.3) is 5.91 Å². The summed E-state index contributed by atoms with van der Waals surface area (Å²) >= 11 is 0. The second kappa shape index (κ2) is 18.0. The lowest BCUT2D eigenvalue weighted by atomic mass is 10.1. The molecule has 1 rings (SSSR count). The molecule has 0 atom stereocenters. The van der Waals surface area contributed by atoms with Crippen molar-refractivity contribution in [3.63, 3.8) is 0 Å². The molecule has 0 spiro atoms. The van der Waals surface area contributed by atoms with Crippen LogP contribution in [-0.4, -0.2) is 51.6 Å². The lowest BCUT2D eigenvalue weighted by Gasteiger charge is -2.12. The average molecular weight is 532 g/mol. The lowest BCUT2D eigenvalue weighted by molar-refractivity contribution is -0.143. The number of aliphatic imine (C=N–C) groups is 1. The fourth-order valence-electron chi connectivity index (χ4n) is 2.92. The number of nitrogens with one attached hydrogen (secondary N) is 3. The van der Waals surface area contributed by atoms with Gasteiger partial charge in [0.2, 0.25) is 0 Å². The minimum atomic E-state index is -0.0932. The minimum absolute atomic E-state index is 0. The van der Waals surface area contributed by atoms with E-state index in [2.05, 4.69) is 20.9 Å². The second-order valence-electron chi connectivity index (χ2n) is 6.78. The van der Waals surface area contributed by atoms with E-state index in [0.29, 0.717) is 18.6 Å². The molecule has 1 aromatic rings. The van der Waals surface area contributed by atoms with Crippen molar-refractivity contribution in [2.24, 2.45) is 4.99 Å². The van der Waals surface area contributed by atoms with Gasteiger partial charge in [0.05, 0.1) is 6.61 Å². The Morgan fingerprint density at radius 2 is 1.73 bits per heavy atom. The van der Waals surface area contributed by atoms with Crippen molar-refractivity contribution in [2.45, 2.75) is 51.9 Å². The maximum absolute atomic E-state index is 11.7. The number of halogens is 1. The summed E-state index contributed by atoms with van der Waals surface area (Å²) in [5, 5.41) is 9.27. The number of ether oxygens (including phenoxy) is 1. The van der Waals surface area contributed by atoms with Gasteiger partial charge >= 0.3 is 5.97 Å². The fraction of sp³-hybridized carbons (Fsp3) is 0.591. The van der Waals surface area contributed by atoms with Crippen molar-refractivity contribution in [2.75, 3.05) is 33.8 Å². The molecule has 0 aromatic heterocycles. The predicted octanol–water partition coefficient (Wildman–Crippen LogP) is 3.28. The van der Waals surface area contributed by atoms with Crippen LogP contribution < -0.4 is 16.0 Å². The van der Waals surface area contributed by atoms with Crippen LogP contribution in [-0.2, 0) is 16.0 Å². The molecule has 30 heavy (non-hydrogen) atoms. The Morgan fingerprint density at radius 1 is 1.03 bits per heavy atom. The number of amides is 1. The van der Waals surface area contributed by atoms with Gasteiger partial charge in [-0.2, -0.15) is 0 Å². The number of carbonyl (C=O) groups excluding carboxylic acids is 2. The normalized spacial score (nSPS) is 10.7. The molecule has 1 amide bonds. The molecule has 0 radical (unpaired) electrons. The molecule has 0 aliphatic heterocycles. The number of guanidine groups is 1. The summed E-state index contributed by atoms with van der Waals surface area (Å²) in [6.07, 6.45) is 6.60. The second-order valence-corrected chi connectivity index (χ2v) is 6.78. The van der Waals surface area contributed by atoms with Crippen molar-refractivity contribution < 1.29 is 14.3 Å². The van der Waals surface area contributed by atoms with Gasteiger partial charge in [0.15, 0.2) is 5.96 Å². The van der Waals surface area contributed by atoms with Gasteiger partial charge in [-0.25, -0.2) is 0 Å². The molecule has 0 aliphatic carbocycles. The Balaban J connectivity index is 0.00000841. The molecule has 3 N–H and O–H groups in total. The van der Waals surface area contributed by atoms with Crippen LogP contribution in [0.2, 0.25) is 0 Å². The van der Waals surface area contributed by atoms with E-state index in [0.717, 1.165) is 63.1 Å². The predicted molar refractivity (Wildman–Crippen MR) is 133 cm³/mol. The van der Waals surface area contributed by atoms with Crippen molar-refractivity contribution in [3.05, 3.63) is 35.4 Å². The summed E-state index contributed by atoms with van der Waals surface area (Å²) in [6, 6.07) is 7.65. The summed E-state index contributed by atoms with van der Waals surface area (Å²) in [4.78, 5) is 27.2. The Kier molecular flexibility index (Phi) is 16.9. The highest BCUT2D eigenvalue weighted by molar-refractivity contribution is 14.0. The van der Waals surface area contributed by atoms with Gasteiger partial charge in [-0.1, -0.05) is 31.4 Å². The molecule has 1 aromatic carbocycles. The van der Waals surface area contributed by atoms with Crippen LogP contribution >= 0.6 is 24.0 Å². The first-order valence-electron chi connectivity index (χ1n) is 10.5. The summed E-state index contributed by atoms with van der Waals surface area (Å²) in [5.41, 5.74) is 1.78. The third kappa shape index (κ3) is 12.7. The largest absolute Gasteiger partial charge is 0.466 e. The summed E-state index contributed by atoms with van der Waals surface area (Å²) in [6.45, 7) is 3.90. The van der Waals surface area contributed by atoms with Gasteiger partial charge in [-0.15, -0.1) is 24.0 Å². The first-order valence-corrected chi connectivity index (χ1v) is 10.5. The zero-order valence-corrected chi connectivity index (χ0v) is 20.8. The number of esters is 1. The monoisotopic (exact) mass is 532 g/mol. The van der Waals surface area contributed by atoms with Gasteiger partial charge in [0.1, 0.15) is 0 Å². The quantitative estimate of drug-likeness (QED) is 0.119. The maximum Gasteiger partial charge on any atom is 0.305 e. The smallest absolute Gasteiger partial charge is 0.305 e. The van der Waals surface area contributed by atoms with Gasteiger partial charge in [-0.05, 0) is 43.9 Å². The van der Waals surface area contributed by atoms with E-state index in [-0.39, 0.29) is 35.9 Å². The number of carbonyl (C=O) groups is 2. The van der Waals surface area contributed by atoms with Gasteiger partial charge in [0, 0.05) is 39.2 Å². The molecule has 0 bridgehead atoms. The standard InChI is InChI=1S/C22H36N4O3.HI/c1-4-29-20(27)13-8-6-5-7-9-15-25-22(24-3)26-16-14-18-11-10-12-19(17-18)21(28)23-2;/h10-12,17H,4-9,13-16H2,1-3H3,(H,23,28)(H2,24,25,26);1H. The molecule has 8 heteroatoms. The summed E-state index contributed by atoms with van der Waals surface area (Å²) in [5.74, 6) is 0.623. The SMILES string of the molecule is CCOC(=O)CCCCCCCNC(=NC)NCCc1cccc(C(=O)NC)c1.I. The number of hydrogen-bond acceptors (Lipinski definition) is 4. The van der Waals surface area contributed by atoms with Crippen molar-refractivity contribution >= 4 is 41.8 Å². The highest BCUT2D eigenvalue weighted by Crippen LogP contribution is 2.07. The highest BCUT2D eigenvalue weighted by atomic mass is 127. The van der Waals surface area contributed by atoms with Crippen molar-refractivity contribution in [1.29, 1.82) is 0 Å². The van der Waals surface area contributed by atoms with Gasteiger partial charge < -0.3 is 20.7 Å². The third-order valence-electron chi connectivity index (χ3n) is 4.50. The van der Waals surface area contributed by atoms with E-state index < -0.39 is 0 Å². The van der Waals surface area contributed by atoms with E-state index in [1.54, 1.807) is 14.1 Å². The molecule has 7 nitrogen and oxygen atoms in total. The number of hydrogen-bond donors (Lipinski definition) is 3. The Morgan fingerprint density at radius 3 is 2.43 bits per heavy atom. The molecular formula is C22H37IN4O3. The Bertz CT molecular complexity index is 653. The zero-order valence-electron chi connectivity index (χ0n) is 18.5. The first-order chi connectivity index (χ1) is 14.1. The highest BCUT2D eigenvalue weighted by Gasteiger charge is 2.04.